The lowest BCUT2D eigenvalue weighted by molar-refractivity contribution is -0.167. The lowest BCUT2D eigenvalue weighted by atomic mass is 10.00. The number of hydrogen-bond acceptors (Lipinski definition) is 6. The van der Waals surface area contributed by atoms with E-state index in [0.29, 0.717) is 19.3 Å². The summed E-state index contributed by atoms with van der Waals surface area (Å²) in [7, 11) is 0. The van der Waals surface area contributed by atoms with Gasteiger partial charge in [-0.2, -0.15) is 0 Å². The Kier molecular flexibility index (Phi) is 39.8. The van der Waals surface area contributed by atoms with Crippen LogP contribution in [0, 0.1) is 11.8 Å². The number of carbonyl (C=O) groups is 3. The predicted octanol–water partition coefficient (Wildman–Crippen LogP) is 15.0. The number of hydrogen-bond donors (Lipinski definition) is 0. The molecule has 6 heteroatoms. The molecular weight excluding hydrogens is 673 g/mol. The second kappa shape index (κ2) is 41.1. The van der Waals surface area contributed by atoms with Crippen LogP contribution in [0.2, 0.25) is 0 Å². The van der Waals surface area contributed by atoms with E-state index < -0.39 is 6.10 Å². The first-order valence-electron chi connectivity index (χ1n) is 23.8. The standard InChI is InChI=1S/C48H92O6/c1-6-8-9-10-11-12-13-14-15-16-17-18-22-28-33-38-46(49)52-41-45(42-53-47(50)39-34-29-25-24-27-32-37-44(5)7-2)54-48(51)40-35-30-23-20-19-21-26-31-36-43(3)4/h43-45H,6-42H2,1-5H3/t44?,45-/m1/s1. The maximum atomic E-state index is 12.7. The van der Waals surface area contributed by atoms with Gasteiger partial charge in [-0.05, 0) is 31.1 Å². The third-order valence-electron chi connectivity index (χ3n) is 11.1. The van der Waals surface area contributed by atoms with Crippen molar-refractivity contribution in [1.29, 1.82) is 0 Å². The molecule has 2 atom stereocenters. The fraction of sp³-hybridized carbons (Fsp3) is 0.938. The van der Waals surface area contributed by atoms with Crippen LogP contribution in [0.5, 0.6) is 0 Å². The fourth-order valence-electron chi connectivity index (χ4n) is 7.07. The molecule has 0 saturated heterocycles. The van der Waals surface area contributed by atoms with Gasteiger partial charge in [0.05, 0.1) is 0 Å². The highest BCUT2D eigenvalue weighted by molar-refractivity contribution is 5.71. The average Bonchev–Trinajstić information content (AvgIpc) is 3.15. The Morgan fingerprint density at radius 1 is 0.389 bits per heavy atom. The third-order valence-corrected chi connectivity index (χ3v) is 11.1. The van der Waals surface area contributed by atoms with Crippen LogP contribution in [0.25, 0.3) is 0 Å². The van der Waals surface area contributed by atoms with E-state index in [0.717, 1.165) is 69.6 Å². The van der Waals surface area contributed by atoms with E-state index in [9.17, 15) is 14.4 Å². The second-order valence-electron chi connectivity index (χ2n) is 17.1. The quantitative estimate of drug-likeness (QED) is 0.0350. The van der Waals surface area contributed by atoms with Crippen molar-refractivity contribution in [2.75, 3.05) is 13.2 Å². The van der Waals surface area contributed by atoms with E-state index in [4.69, 9.17) is 14.2 Å². The predicted molar refractivity (Wildman–Crippen MR) is 229 cm³/mol. The van der Waals surface area contributed by atoms with Crippen LogP contribution < -0.4 is 0 Å². The molecule has 0 amide bonds. The van der Waals surface area contributed by atoms with Crippen LogP contribution >= 0.6 is 0 Å². The smallest absolute Gasteiger partial charge is 0.306 e. The Morgan fingerprint density at radius 2 is 0.704 bits per heavy atom. The van der Waals surface area contributed by atoms with Gasteiger partial charge in [0.2, 0.25) is 0 Å². The van der Waals surface area contributed by atoms with Crippen LogP contribution in [-0.4, -0.2) is 37.2 Å². The minimum atomic E-state index is -0.761. The van der Waals surface area contributed by atoms with Crippen molar-refractivity contribution >= 4 is 17.9 Å². The van der Waals surface area contributed by atoms with Gasteiger partial charge in [-0.1, -0.05) is 221 Å². The van der Waals surface area contributed by atoms with Gasteiger partial charge in [-0.25, -0.2) is 0 Å². The molecule has 6 nitrogen and oxygen atoms in total. The summed E-state index contributed by atoms with van der Waals surface area (Å²) in [5.74, 6) is 0.748. The minimum absolute atomic E-state index is 0.0654. The van der Waals surface area contributed by atoms with Gasteiger partial charge in [0.15, 0.2) is 6.10 Å². The summed E-state index contributed by atoms with van der Waals surface area (Å²) < 4.78 is 16.7. The molecule has 0 N–H and O–H groups in total. The molecule has 0 heterocycles. The zero-order chi connectivity index (χ0) is 39.7. The summed E-state index contributed by atoms with van der Waals surface area (Å²) in [6, 6.07) is 0. The zero-order valence-electron chi connectivity index (χ0n) is 36.8. The Morgan fingerprint density at radius 3 is 1.06 bits per heavy atom. The molecule has 0 aromatic rings. The molecule has 320 valence electrons. The molecule has 54 heavy (non-hydrogen) atoms. The van der Waals surface area contributed by atoms with Gasteiger partial charge in [0.25, 0.3) is 0 Å². The summed E-state index contributed by atoms with van der Waals surface area (Å²) >= 11 is 0. The fourth-order valence-corrected chi connectivity index (χ4v) is 7.07. The highest BCUT2D eigenvalue weighted by atomic mass is 16.6. The summed E-state index contributed by atoms with van der Waals surface area (Å²) in [5.41, 5.74) is 0. The molecule has 0 fully saturated rings. The maximum Gasteiger partial charge on any atom is 0.306 e. The lowest BCUT2D eigenvalue weighted by Gasteiger charge is -2.18. The third kappa shape index (κ3) is 40.1. The van der Waals surface area contributed by atoms with E-state index in [1.165, 1.54) is 148 Å². The van der Waals surface area contributed by atoms with Crippen LogP contribution in [0.15, 0.2) is 0 Å². The van der Waals surface area contributed by atoms with E-state index in [1.54, 1.807) is 0 Å². The Balaban J connectivity index is 4.31. The molecule has 0 aliphatic rings. The maximum absolute atomic E-state index is 12.7. The number of carbonyl (C=O) groups excluding carboxylic acids is 3. The molecule has 0 aliphatic heterocycles. The molecule has 0 aromatic carbocycles. The Bertz CT molecular complexity index is 826. The topological polar surface area (TPSA) is 78.9 Å². The zero-order valence-corrected chi connectivity index (χ0v) is 36.8. The number of ether oxygens (including phenoxy) is 3. The van der Waals surface area contributed by atoms with E-state index in [1.807, 2.05) is 0 Å². The SMILES string of the molecule is CCCCCCCCCCCCCCCCCC(=O)OC[C@H](COC(=O)CCCCCCCCC(C)CC)OC(=O)CCCCCCCCCCC(C)C. The van der Waals surface area contributed by atoms with Gasteiger partial charge in [0.1, 0.15) is 13.2 Å². The van der Waals surface area contributed by atoms with E-state index in [2.05, 4.69) is 34.6 Å². The van der Waals surface area contributed by atoms with Crippen molar-refractivity contribution in [3.8, 4) is 0 Å². The Hall–Kier alpha value is -1.59. The highest BCUT2D eigenvalue weighted by Gasteiger charge is 2.19. The van der Waals surface area contributed by atoms with Gasteiger partial charge in [-0.15, -0.1) is 0 Å². The summed E-state index contributed by atoms with van der Waals surface area (Å²) in [4.78, 5) is 37.7. The molecular formula is C48H92O6. The minimum Gasteiger partial charge on any atom is -0.462 e. The van der Waals surface area contributed by atoms with Gasteiger partial charge >= 0.3 is 17.9 Å². The van der Waals surface area contributed by atoms with Crippen molar-refractivity contribution in [2.45, 2.75) is 265 Å². The lowest BCUT2D eigenvalue weighted by Crippen LogP contribution is -2.30. The largest absolute Gasteiger partial charge is 0.462 e. The summed E-state index contributed by atoms with van der Waals surface area (Å²) in [6.45, 7) is 11.3. The van der Waals surface area contributed by atoms with Crippen molar-refractivity contribution in [1.82, 2.24) is 0 Å². The summed E-state index contributed by atoms with van der Waals surface area (Å²) in [5, 5.41) is 0. The second-order valence-corrected chi connectivity index (χ2v) is 17.1. The Labute approximate surface area is 336 Å². The van der Waals surface area contributed by atoms with Crippen LogP contribution in [0.4, 0.5) is 0 Å². The molecule has 0 aliphatic carbocycles. The van der Waals surface area contributed by atoms with Gasteiger partial charge in [-0.3, -0.25) is 14.4 Å². The number of unbranched alkanes of at least 4 members (excludes halogenated alkanes) is 26. The monoisotopic (exact) mass is 765 g/mol. The van der Waals surface area contributed by atoms with Gasteiger partial charge < -0.3 is 14.2 Å². The molecule has 0 spiro atoms. The normalized spacial score (nSPS) is 12.6. The molecule has 0 radical (unpaired) electrons. The molecule has 1 unspecified atom stereocenters. The first kappa shape index (κ1) is 52.4. The first-order chi connectivity index (χ1) is 26.3. The van der Waals surface area contributed by atoms with Crippen molar-refractivity contribution in [3.63, 3.8) is 0 Å². The molecule has 0 rings (SSSR count). The van der Waals surface area contributed by atoms with Gasteiger partial charge in [0, 0.05) is 19.3 Å². The van der Waals surface area contributed by atoms with Crippen molar-refractivity contribution < 1.29 is 28.6 Å². The average molecular weight is 765 g/mol. The number of rotatable bonds is 42. The molecule has 0 saturated carbocycles. The number of esters is 3. The highest BCUT2D eigenvalue weighted by Crippen LogP contribution is 2.17. The van der Waals surface area contributed by atoms with Crippen molar-refractivity contribution in [3.05, 3.63) is 0 Å². The summed E-state index contributed by atoms with van der Waals surface area (Å²) in [6.07, 6.45) is 39.5. The van der Waals surface area contributed by atoms with Crippen LogP contribution in [0.3, 0.4) is 0 Å². The van der Waals surface area contributed by atoms with Crippen LogP contribution in [-0.2, 0) is 28.6 Å². The molecule has 0 bridgehead atoms. The molecule has 0 aromatic heterocycles. The first-order valence-corrected chi connectivity index (χ1v) is 23.8. The van der Waals surface area contributed by atoms with Crippen LogP contribution in [0.1, 0.15) is 259 Å². The van der Waals surface area contributed by atoms with E-state index in [-0.39, 0.29) is 31.1 Å². The van der Waals surface area contributed by atoms with Crippen molar-refractivity contribution in [2.24, 2.45) is 11.8 Å². The van der Waals surface area contributed by atoms with E-state index >= 15 is 0 Å².